The van der Waals surface area contributed by atoms with Crippen molar-refractivity contribution in [3.8, 4) is 0 Å². The SMILES string of the molecule is CC(CC(=O)N1CCCC(CNS(C)(=O)=O)C1)C1CCCNC1. The highest BCUT2D eigenvalue weighted by atomic mass is 32.2. The van der Waals surface area contributed by atoms with Crippen molar-refractivity contribution >= 4 is 15.9 Å². The molecule has 0 spiro atoms. The fraction of sp³-hybridized carbons (Fsp3) is 0.938. The molecule has 2 N–H and O–H groups in total. The predicted octanol–water partition coefficient (Wildman–Crippen LogP) is 0.800. The lowest BCUT2D eigenvalue weighted by Gasteiger charge is -2.35. The van der Waals surface area contributed by atoms with Crippen LogP contribution in [0.5, 0.6) is 0 Å². The molecular formula is C16H31N3O3S. The fourth-order valence-corrected chi connectivity index (χ4v) is 4.20. The Morgan fingerprint density at radius 2 is 2.13 bits per heavy atom. The first kappa shape index (κ1) is 18.7. The number of carbonyl (C=O) groups excluding carboxylic acids is 1. The number of rotatable bonds is 6. The van der Waals surface area contributed by atoms with Gasteiger partial charge < -0.3 is 10.2 Å². The van der Waals surface area contributed by atoms with Gasteiger partial charge in [-0.1, -0.05) is 6.92 Å². The number of amides is 1. The fourth-order valence-electron chi connectivity index (χ4n) is 3.66. The van der Waals surface area contributed by atoms with Crippen molar-refractivity contribution < 1.29 is 13.2 Å². The molecule has 2 rings (SSSR count). The maximum atomic E-state index is 12.6. The highest BCUT2D eigenvalue weighted by Gasteiger charge is 2.27. The third-order valence-electron chi connectivity index (χ3n) is 5.14. The van der Waals surface area contributed by atoms with Crippen molar-refractivity contribution in [2.45, 2.75) is 39.0 Å². The molecule has 0 aromatic carbocycles. The average Bonchev–Trinajstić information content (AvgIpc) is 2.53. The first-order valence-electron chi connectivity index (χ1n) is 8.78. The lowest BCUT2D eigenvalue weighted by molar-refractivity contribution is -0.134. The molecule has 3 unspecified atom stereocenters. The molecule has 0 bridgehead atoms. The lowest BCUT2D eigenvalue weighted by atomic mass is 9.85. The zero-order valence-electron chi connectivity index (χ0n) is 14.4. The van der Waals surface area contributed by atoms with Gasteiger partial charge in [0.15, 0.2) is 0 Å². The molecule has 2 saturated heterocycles. The normalized spacial score (nSPS) is 27.7. The monoisotopic (exact) mass is 345 g/mol. The van der Waals surface area contributed by atoms with Crippen LogP contribution in [0.25, 0.3) is 0 Å². The van der Waals surface area contributed by atoms with Crippen LogP contribution >= 0.6 is 0 Å². The summed E-state index contributed by atoms with van der Waals surface area (Å²) < 4.78 is 25.0. The van der Waals surface area contributed by atoms with Gasteiger partial charge in [0.25, 0.3) is 0 Å². The van der Waals surface area contributed by atoms with E-state index < -0.39 is 10.0 Å². The number of nitrogens with one attached hydrogen (secondary N) is 2. The molecule has 0 aromatic heterocycles. The Bertz CT molecular complexity index is 489. The Balaban J connectivity index is 1.79. The molecule has 1 amide bonds. The average molecular weight is 346 g/mol. The van der Waals surface area contributed by atoms with Gasteiger partial charge in [-0.05, 0) is 56.5 Å². The van der Waals surface area contributed by atoms with Crippen LogP contribution in [0.15, 0.2) is 0 Å². The summed E-state index contributed by atoms with van der Waals surface area (Å²) >= 11 is 0. The summed E-state index contributed by atoms with van der Waals surface area (Å²) in [4.78, 5) is 14.5. The second kappa shape index (κ2) is 8.44. The van der Waals surface area contributed by atoms with Crippen molar-refractivity contribution in [1.82, 2.24) is 14.9 Å². The largest absolute Gasteiger partial charge is 0.342 e. The Morgan fingerprint density at radius 3 is 2.78 bits per heavy atom. The summed E-state index contributed by atoms with van der Waals surface area (Å²) in [6.07, 6.45) is 6.14. The summed E-state index contributed by atoms with van der Waals surface area (Å²) in [5.41, 5.74) is 0. The highest BCUT2D eigenvalue weighted by molar-refractivity contribution is 7.88. The van der Waals surface area contributed by atoms with Gasteiger partial charge in [-0.3, -0.25) is 4.79 Å². The van der Waals surface area contributed by atoms with E-state index in [2.05, 4.69) is 17.0 Å². The van der Waals surface area contributed by atoms with Crippen molar-refractivity contribution in [3.05, 3.63) is 0 Å². The Hall–Kier alpha value is -0.660. The molecule has 0 saturated carbocycles. The Labute approximate surface area is 140 Å². The minimum absolute atomic E-state index is 0.229. The van der Waals surface area contributed by atoms with Gasteiger partial charge in [-0.15, -0.1) is 0 Å². The smallest absolute Gasteiger partial charge is 0.222 e. The van der Waals surface area contributed by atoms with Crippen LogP contribution in [-0.4, -0.2) is 58.2 Å². The summed E-state index contributed by atoms with van der Waals surface area (Å²) in [5, 5.41) is 3.42. The van der Waals surface area contributed by atoms with E-state index in [1.54, 1.807) is 0 Å². The van der Waals surface area contributed by atoms with Gasteiger partial charge in [0.1, 0.15) is 0 Å². The number of nitrogens with zero attached hydrogens (tertiary/aromatic N) is 1. The quantitative estimate of drug-likeness (QED) is 0.746. The minimum atomic E-state index is -3.16. The van der Waals surface area contributed by atoms with Crippen LogP contribution < -0.4 is 10.0 Å². The van der Waals surface area contributed by atoms with Crippen molar-refractivity contribution in [1.29, 1.82) is 0 Å². The van der Waals surface area contributed by atoms with Crippen molar-refractivity contribution in [2.75, 3.05) is 39.0 Å². The maximum absolute atomic E-state index is 12.6. The molecule has 6 nitrogen and oxygen atoms in total. The van der Waals surface area contributed by atoms with Crippen LogP contribution in [0, 0.1) is 17.8 Å². The third kappa shape index (κ3) is 6.39. The second-order valence-corrected chi connectivity index (χ2v) is 9.09. The summed E-state index contributed by atoms with van der Waals surface area (Å²) in [5.74, 6) is 1.46. The van der Waals surface area contributed by atoms with Crippen LogP contribution in [0.3, 0.4) is 0 Å². The van der Waals surface area contributed by atoms with Gasteiger partial charge in [0.05, 0.1) is 6.26 Å². The molecule has 23 heavy (non-hydrogen) atoms. The van der Waals surface area contributed by atoms with E-state index >= 15 is 0 Å². The molecule has 0 aliphatic carbocycles. The van der Waals surface area contributed by atoms with Gasteiger partial charge >= 0.3 is 0 Å². The number of hydrogen-bond acceptors (Lipinski definition) is 4. The Morgan fingerprint density at radius 1 is 1.35 bits per heavy atom. The van der Waals surface area contributed by atoms with E-state index in [1.807, 2.05) is 4.90 Å². The standard InChI is InChI=1S/C16H31N3O3S/c1-13(15-6-3-7-17-11-15)9-16(20)19-8-4-5-14(12-19)10-18-23(2,21)22/h13-15,17-18H,3-12H2,1-2H3. The van der Waals surface area contributed by atoms with Gasteiger partial charge in [-0.25, -0.2) is 13.1 Å². The molecule has 0 radical (unpaired) electrons. The summed E-state index contributed by atoms with van der Waals surface area (Å²) in [6, 6.07) is 0. The number of carbonyl (C=O) groups is 1. The molecule has 7 heteroatoms. The molecule has 2 aliphatic heterocycles. The highest BCUT2D eigenvalue weighted by Crippen LogP contribution is 2.24. The predicted molar refractivity (Wildman–Crippen MR) is 91.5 cm³/mol. The molecule has 3 atom stereocenters. The second-order valence-electron chi connectivity index (χ2n) is 7.26. The van der Waals surface area contributed by atoms with Crippen LogP contribution in [0.1, 0.15) is 39.0 Å². The van der Waals surface area contributed by atoms with Gasteiger partial charge in [-0.2, -0.15) is 0 Å². The van der Waals surface area contributed by atoms with Gasteiger partial charge in [0, 0.05) is 26.1 Å². The molecule has 0 aromatic rings. The summed E-state index contributed by atoms with van der Waals surface area (Å²) in [6.45, 7) is 6.22. The van der Waals surface area contributed by atoms with E-state index in [9.17, 15) is 13.2 Å². The lowest BCUT2D eigenvalue weighted by Crippen LogP contribution is -2.44. The maximum Gasteiger partial charge on any atom is 0.222 e. The van der Waals surface area contributed by atoms with E-state index in [4.69, 9.17) is 0 Å². The van der Waals surface area contributed by atoms with E-state index in [1.165, 1.54) is 19.1 Å². The summed E-state index contributed by atoms with van der Waals surface area (Å²) in [7, 11) is -3.16. The first-order valence-corrected chi connectivity index (χ1v) is 10.7. The van der Waals surface area contributed by atoms with Crippen LogP contribution in [0.2, 0.25) is 0 Å². The van der Waals surface area contributed by atoms with Crippen molar-refractivity contribution in [3.63, 3.8) is 0 Å². The molecule has 2 heterocycles. The number of hydrogen-bond donors (Lipinski definition) is 2. The zero-order valence-corrected chi connectivity index (χ0v) is 15.2. The molecule has 2 fully saturated rings. The minimum Gasteiger partial charge on any atom is -0.342 e. The van der Waals surface area contributed by atoms with E-state index in [0.717, 1.165) is 32.5 Å². The van der Waals surface area contributed by atoms with Crippen molar-refractivity contribution in [2.24, 2.45) is 17.8 Å². The van der Waals surface area contributed by atoms with Crippen LogP contribution in [-0.2, 0) is 14.8 Å². The third-order valence-corrected chi connectivity index (χ3v) is 5.83. The molecular weight excluding hydrogens is 314 g/mol. The van der Waals surface area contributed by atoms with Gasteiger partial charge in [0.2, 0.25) is 15.9 Å². The molecule has 2 aliphatic rings. The number of sulfonamides is 1. The number of likely N-dealkylation sites (tertiary alicyclic amines) is 1. The number of piperidine rings is 2. The topological polar surface area (TPSA) is 78.5 Å². The Kier molecular flexibility index (Phi) is 6.85. The van der Waals surface area contributed by atoms with E-state index in [-0.39, 0.29) is 11.8 Å². The first-order chi connectivity index (χ1) is 10.8. The van der Waals surface area contributed by atoms with E-state index in [0.29, 0.717) is 31.3 Å². The zero-order chi connectivity index (χ0) is 16.9. The molecule has 134 valence electrons. The van der Waals surface area contributed by atoms with Crippen LogP contribution in [0.4, 0.5) is 0 Å².